The number of carbonyl (C=O) groups excluding carboxylic acids is 1. The number of aryl methyl sites for hydroxylation is 2. The van der Waals surface area contributed by atoms with E-state index in [9.17, 15) is 14.9 Å². The Morgan fingerprint density at radius 3 is 2.64 bits per heavy atom. The molecule has 0 spiro atoms. The van der Waals surface area contributed by atoms with Gasteiger partial charge in [-0.25, -0.2) is 4.98 Å². The first kappa shape index (κ1) is 19.4. The molecule has 0 aliphatic rings. The van der Waals surface area contributed by atoms with Gasteiger partial charge in [-0.3, -0.25) is 4.79 Å². The summed E-state index contributed by atoms with van der Waals surface area (Å²) in [5, 5.41) is 16.3. The van der Waals surface area contributed by atoms with Crippen molar-refractivity contribution in [3.63, 3.8) is 0 Å². The molecule has 0 bridgehead atoms. The fourth-order valence-electron chi connectivity index (χ4n) is 2.40. The van der Waals surface area contributed by atoms with Crippen LogP contribution in [0.1, 0.15) is 22.0 Å². The van der Waals surface area contributed by atoms with Crippen molar-refractivity contribution < 1.29 is 14.5 Å². The predicted molar refractivity (Wildman–Crippen MR) is 106 cm³/mol. The summed E-state index contributed by atoms with van der Waals surface area (Å²) in [6.07, 6.45) is 0.144. The van der Waals surface area contributed by atoms with Crippen LogP contribution in [-0.2, 0) is 17.8 Å². The smallest absolute Gasteiger partial charge is 0.406 e. The number of hydrogen-bond acceptors (Lipinski definition) is 7. The maximum absolute atomic E-state index is 12.1. The van der Waals surface area contributed by atoms with Crippen LogP contribution in [0, 0.1) is 24.0 Å². The molecule has 2 heterocycles. The maximum Gasteiger partial charge on any atom is 0.406 e. The lowest BCUT2D eigenvalue weighted by Gasteiger charge is -2.05. The van der Waals surface area contributed by atoms with Crippen molar-refractivity contribution in [1.29, 1.82) is 0 Å². The summed E-state index contributed by atoms with van der Waals surface area (Å²) in [5.74, 6) is -0.403. The van der Waals surface area contributed by atoms with Crippen LogP contribution in [0.15, 0.2) is 41.8 Å². The van der Waals surface area contributed by atoms with E-state index in [0.717, 1.165) is 11.3 Å². The van der Waals surface area contributed by atoms with E-state index >= 15 is 0 Å². The lowest BCUT2D eigenvalue weighted by atomic mass is 10.2. The molecule has 0 fully saturated rings. The monoisotopic (exact) mass is 398 g/mol. The van der Waals surface area contributed by atoms with E-state index in [1.54, 1.807) is 18.4 Å². The Morgan fingerprint density at radius 2 is 1.93 bits per heavy atom. The summed E-state index contributed by atoms with van der Waals surface area (Å²) >= 11 is 1.34. The van der Waals surface area contributed by atoms with Gasteiger partial charge >= 0.3 is 5.82 Å². The van der Waals surface area contributed by atoms with Gasteiger partial charge in [0.1, 0.15) is 17.3 Å². The largest absolute Gasteiger partial charge is 0.479 e. The number of anilines is 1. The van der Waals surface area contributed by atoms with Crippen LogP contribution in [0.3, 0.4) is 0 Å². The lowest BCUT2D eigenvalue weighted by molar-refractivity contribution is -0.390. The summed E-state index contributed by atoms with van der Waals surface area (Å²) < 4.78 is 5.50. The first-order valence-corrected chi connectivity index (χ1v) is 9.33. The minimum absolute atomic E-state index is 0.0572. The number of aromatic nitrogens is 2. The van der Waals surface area contributed by atoms with Crippen molar-refractivity contribution in [2.75, 3.05) is 5.32 Å². The van der Waals surface area contributed by atoms with E-state index in [-0.39, 0.29) is 30.5 Å². The summed E-state index contributed by atoms with van der Waals surface area (Å²) in [6.45, 7) is 3.71. The normalized spacial score (nSPS) is 10.5. The van der Waals surface area contributed by atoms with Crippen molar-refractivity contribution in [3.8, 4) is 5.75 Å². The third kappa shape index (κ3) is 5.10. The van der Waals surface area contributed by atoms with Crippen LogP contribution in [-0.4, -0.2) is 20.8 Å². The molecule has 2 aromatic heterocycles. The topological polar surface area (TPSA) is 107 Å². The second kappa shape index (κ2) is 8.57. The minimum Gasteiger partial charge on any atom is -0.479 e. The Labute approximate surface area is 165 Å². The van der Waals surface area contributed by atoms with E-state index in [1.165, 1.54) is 17.4 Å². The fourth-order valence-corrected chi connectivity index (χ4v) is 3.18. The molecular formula is C19H18N4O4S. The minimum atomic E-state index is -0.579. The Morgan fingerprint density at radius 1 is 1.18 bits per heavy atom. The molecular weight excluding hydrogens is 380 g/mol. The molecule has 144 valence electrons. The number of amides is 1. The van der Waals surface area contributed by atoms with Crippen molar-refractivity contribution >= 4 is 28.7 Å². The van der Waals surface area contributed by atoms with E-state index in [1.807, 2.05) is 31.2 Å². The number of hydrogen-bond donors (Lipinski definition) is 1. The maximum atomic E-state index is 12.1. The Balaban J connectivity index is 1.58. The second-order valence-corrected chi connectivity index (χ2v) is 7.09. The van der Waals surface area contributed by atoms with Gasteiger partial charge in [-0.15, -0.1) is 11.3 Å². The zero-order chi connectivity index (χ0) is 20.1. The zero-order valence-electron chi connectivity index (χ0n) is 15.3. The van der Waals surface area contributed by atoms with Gasteiger partial charge in [0.25, 0.3) is 0 Å². The Hall–Kier alpha value is -3.33. The molecule has 28 heavy (non-hydrogen) atoms. The summed E-state index contributed by atoms with van der Waals surface area (Å²) in [5.41, 5.74) is 2.98. The van der Waals surface area contributed by atoms with Crippen molar-refractivity contribution in [2.45, 2.75) is 26.9 Å². The highest BCUT2D eigenvalue weighted by Crippen LogP contribution is 2.25. The van der Waals surface area contributed by atoms with Crippen molar-refractivity contribution in [3.05, 3.63) is 73.9 Å². The van der Waals surface area contributed by atoms with E-state index in [0.29, 0.717) is 16.4 Å². The van der Waals surface area contributed by atoms with Gasteiger partial charge in [-0.05, 0) is 41.1 Å². The molecule has 0 saturated heterocycles. The molecule has 0 atom stereocenters. The second-order valence-electron chi connectivity index (χ2n) is 6.14. The highest BCUT2D eigenvalue weighted by atomic mass is 32.1. The standard InChI is InChI=1S/C19H18N4O4S/c1-12-3-6-14(7-4-12)21-17(24)9-18-22-15(11-28-18)10-27-16-8-5-13(2)20-19(16)23(25)26/h3-8,11H,9-10H2,1-2H3,(H,21,24). The van der Waals surface area contributed by atoms with Crippen LogP contribution < -0.4 is 10.1 Å². The SMILES string of the molecule is Cc1ccc(NC(=O)Cc2nc(COc3ccc(C)nc3[N+](=O)[O-])cs2)cc1. The number of nitrogens with zero attached hydrogens (tertiary/aromatic N) is 3. The number of pyridine rings is 1. The molecule has 0 radical (unpaired) electrons. The molecule has 0 aliphatic carbocycles. The molecule has 1 amide bonds. The van der Waals surface area contributed by atoms with Crippen LogP contribution in [0.4, 0.5) is 11.5 Å². The van der Waals surface area contributed by atoms with Crippen LogP contribution in [0.25, 0.3) is 0 Å². The first-order valence-electron chi connectivity index (χ1n) is 8.45. The number of nitrogens with one attached hydrogen (secondary N) is 1. The predicted octanol–water partition coefficient (Wildman–Crippen LogP) is 3.82. The molecule has 1 N–H and O–H groups in total. The van der Waals surface area contributed by atoms with Crippen LogP contribution in [0.5, 0.6) is 5.75 Å². The van der Waals surface area contributed by atoms with Gasteiger partial charge in [0.2, 0.25) is 11.7 Å². The number of rotatable bonds is 7. The summed E-state index contributed by atoms with van der Waals surface area (Å²) in [4.78, 5) is 30.9. The fraction of sp³-hybridized carbons (Fsp3) is 0.211. The highest BCUT2D eigenvalue weighted by molar-refractivity contribution is 7.09. The number of thiazole rings is 1. The van der Waals surface area contributed by atoms with Gasteiger partial charge < -0.3 is 20.2 Å². The molecule has 3 aromatic rings. The lowest BCUT2D eigenvalue weighted by Crippen LogP contribution is -2.14. The Bertz CT molecular complexity index is 1000. The van der Waals surface area contributed by atoms with Crippen molar-refractivity contribution in [1.82, 2.24) is 9.97 Å². The average molecular weight is 398 g/mol. The van der Waals surface area contributed by atoms with Gasteiger partial charge in [-0.1, -0.05) is 17.7 Å². The number of ether oxygens (including phenoxy) is 1. The molecule has 8 nitrogen and oxygen atoms in total. The number of benzene rings is 1. The molecule has 0 saturated carbocycles. The number of carbonyl (C=O) groups is 1. The zero-order valence-corrected chi connectivity index (χ0v) is 16.2. The summed E-state index contributed by atoms with van der Waals surface area (Å²) in [7, 11) is 0. The van der Waals surface area contributed by atoms with Gasteiger partial charge in [0, 0.05) is 18.0 Å². The summed E-state index contributed by atoms with van der Waals surface area (Å²) in [6, 6.07) is 10.7. The third-order valence-electron chi connectivity index (χ3n) is 3.77. The molecule has 0 aliphatic heterocycles. The molecule has 1 aromatic carbocycles. The van der Waals surface area contributed by atoms with Crippen LogP contribution in [0.2, 0.25) is 0 Å². The highest BCUT2D eigenvalue weighted by Gasteiger charge is 2.18. The van der Waals surface area contributed by atoms with Gasteiger partial charge in [0.05, 0.1) is 12.1 Å². The molecule has 3 rings (SSSR count). The quantitative estimate of drug-likeness (QED) is 0.479. The van der Waals surface area contributed by atoms with Gasteiger partial charge in [-0.2, -0.15) is 0 Å². The molecule has 9 heteroatoms. The Kier molecular flexibility index (Phi) is 5.95. The average Bonchev–Trinajstić information content (AvgIpc) is 3.09. The first-order chi connectivity index (χ1) is 13.4. The number of nitro groups is 1. The van der Waals surface area contributed by atoms with Gasteiger partial charge in [0.15, 0.2) is 0 Å². The third-order valence-corrected chi connectivity index (χ3v) is 4.67. The van der Waals surface area contributed by atoms with E-state index < -0.39 is 4.92 Å². The molecule has 0 unspecified atom stereocenters. The van der Waals surface area contributed by atoms with Crippen molar-refractivity contribution in [2.24, 2.45) is 0 Å². The van der Waals surface area contributed by atoms with E-state index in [2.05, 4.69) is 15.3 Å². The van der Waals surface area contributed by atoms with E-state index in [4.69, 9.17) is 4.74 Å². The van der Waals surface area contributed by atoms with Crippen LogP contribution >= 0.6 is 11.3 Å².